The van der Waals surface area contributed by atoms with Gasteiger partial charge in [-0.2, -0.15) is 4.98 Å². The van der Waals surface area contributed by atoms with Gasteiger partial charge < -0.3 is 19.5 Å². The van der Waals surface area contributed by atoms with Crippen molar-refractivity contribution in [3.63, 3.8) is 0 Å². The van der Waals surface area contributed by atoms with Crippen molar-refractivity contribution >= 4 is 11.7 Å². The molecule has 0 aliphatic carbocycles. The highest BCUT2D eigenvalue weighted by atomic mass is 19.1. The van der Waals surface area contributed by atoms with Crippen LogP contribution < -0.4 is 5.32 Å². The maximum atomic E-state index is 15.4. The molecule has 150 valence electrons. The molecule has 0 saturated carbocycles. The minimum Gasteiger partial charge on any atom is -0.381 e. The molecule has 0 radical (unpaired) electrons. The molecule has 2 fully saturated rings. The molecule has 0 bridgehead atoms. The zero-order valence-electron chi connectivity index (χ0n) is 15.6. The van der Waals surface area contributed by atoms with Gasteiger partial charge in [-0.15, -0.1) is 0 Å². The molecule has 2 aliphatic rings. The van der Waals surface area contributed by atoms with Crippen LogP contribution in [0.25, 0.3) is 0 Å². The van der Waals surface area contributed by atoms with E-state index >= 15 is 4.39 Å². The number of ether oxygens (including phenoxy) is 1. The lowest BCUT2D eigenvalue weighted by atomic mass is 9.99. The fourth-order valence-electron chi connectivity index (χ4n) is 3.60. The molecule has 7 nitrogen and oxygen atoms in total. The Bertz CT molecular complexity index is 869. The molecule has 1 unspecified atom stereocenters. The SMILES string of the molecule is Cc1c(F)cccc1NC(=O)N1CCC(F)(c2nc(C3CCOCC3)no2)C1. The lowest BCUT2D eigenvalue weighted by Gasteiger charge is -2.20. The van der Waals surface area contributed by atoms with E-state index in [1.54, 1.807) is 13.0 Å². The van der Waals surface area contributed by atoms with Gasteiger partial charge >= 0.3 is 6.03 Å². The van der Waals surface area contributed by atoms with Crippen molar-refractivity contribution in [1.82, 2.24) is 15.0 Å². The van der Waals surface area contributed by atoms with Crippen LogP contribution in [0.4, 0.5) is 19.3 Å². The number of alkyl halides is 1. The number of nitrogens with one attached hydrogen (secondary N) is 1. The summed E-state index contributed by atoms with van der Waals surface area (Å²) in [5, 5.41) is 6.59. The van der Waals surface area contributed by atoms with Crippen molar-refractivity contribution in [3.8, 4) is 0 Å². The molecular weight excluding hydrogens is 370 g/mol. The Morgan fingerprint density at radius 3 is 2.93 bits per heavy atom. The van der Waals surface area contributed by atoms with Gasteiger partial charge in [-0.05, 0) is 31.9 Å². The Hall–Kier alpha value is -2.55. The van der Waals surface area contributed by atoms with Crippen LogP contribution >= 0.6 is 0 Å². The smallest absolute Gasteiger partial charge is 0.321 e. The second kappa shape index (κ2) is 7.46. The highest BCUT2D eigenvalue weighted by molar-refractivity contribution is 5.90. The zero-order chi connectivity index (χ0) is 19.7. The highest BCUT2D eigenvalue weighted by Gasteiger charge is 2.47. The normalized spacial score (nSPS) is 23.2. The third-order valence-corrected chi connectivity index (χ3v) is 5.43. The summed E-state index contributed by atoms with van der Waals surface area (Å²) in [4.78, 5) is 18.1. The van der Waals surface area contributed by atoms with Crippen LogP contribution in [0.15, 0.2) is 22.7 Å². The van der Waals surface area contributed by atoms with Crippen LogP contribution in [-0.4, -0.2) is 47.4 Å². The van der Waals surface area contributed by atoms with Crippen molar-refractivity contribution in [1.29, 1.82) is 0 Å². The third-order valence-electron chi connectivity index (χ3n) is 5.43. The maximum absolute atomic E-state index is 15.4. The summed E-state index contributed by atoms with van der Waals surface area (Å²) in [6, 6.07) is 3.95. The molecule has 2 aromatic rings. The first kappa shape index (κ1) is 18.8. The van der Waals surface area contributed by atoms with Crippen LogP contribution in [0.1, 0.15) is 42.5 Å². The first-order chi connectivity index (χ1) is 13.5. The molecule has 1 N–H and O–H groups in total. The number of benzene rings is 1. The number of nitrogens with zero attached hydrogens (tertiary/aromatic N) is 3. The van der Waals surface area contributed by atoms with E-state index in [2.05, 4.69) is 15.5 Å². The molecule has 1 aromatic carbocycles. The van der Waals surface area contributed by atoms with E-state index in [0.717, 1.165) is 12.8 Å². The predicted octanol–water partition coefficient (Wildman–Crippen LogP) is 3.51. The second-order valence-corrected chi connectivity index (χ2v) is 7.32. The number of carbonyl (C=O) groups is 1. The van der Waals surface area contributed by atoms with E-state index in [9.17, 15) is 9.18 Å². The number of hydrogen-bond acceptors (Lipinski definition) is 5. The predicted molar refractivity (Wildman–Crippen MR) is 96.2 cm³/mol. The topological polar surface area (TPSA) is 80.5 Å². The number of amides is 2. The van der Waals surface area contributed by atoms with E-state index in [4.69, 9.17) is 9.26 Å². The molecule has 1 atom stereocenters. The van der Waals surface area contributed by atoms with E-state index in [1.807, 2.05) is 0 Å². The molecule has 2 saturated heterocycles. The first-order valence-electron chi connectivity index (χ1n) is 9.38. The fourth-order valence-corrected chi connectivity index (χ4v) is 3.60. The largest absolute Gasteiger partial charge is 0.381 e. The number of aromatic nitrogens is 2. The molecule has 4 rings (SSSR count). The van der Waals surface area contributed by atoms with Gasteiger partial charge in [0.15, 0.2) is 5.82 Å². The van der Waals surface area contributed by atoms with Crippen molar-refractivity contribution in [2.45, 2.75) is 37.8 Å². The van der Waals surface area contributed by atoms with E-state index in [0.29, 0.717) is 30.3 Å². The highest BCUT2D eigenvalue weighted by Crippen LogP contribution is 2.36. The van der Waals surface area contributed by atoms with E-state index in [1.165, 1.54) is 17.0 Å². The van der Waals surface area contributed by atoms with Crippen molar-refractivity contribution < 1.29 is 22.8 Å². The molecule has 0 spiro atoms. The molecular formula is C19H22F2N4O3. The van der Waals surface area contributed by atoms with Crippen LogP contribution in [-0.2, 0) is 10.4 Å². The number of rotatable bonds is 3. The minimum absolute atomic E-state index is 0.0674. The van der Waals surface area contributed by atoms with Crippen LogP contribution in [0.5, 0.6) is 0 Å². The summed E-state index contributed by atoms with van der Waals surface area (Å²) in [6.45, 7) is 2.84. The average molecular weight is 392 g/mol. The van der Waals surface area contributed by atoms with E-state index < -0.39 is 17.5 Å². The number of anilines is 1. The van der Waals surface area contributed by atoms with Crippen LogP contribution in [0.2, 0.25) is 0 Å². The van der Waals surface area contributed by atoms with Crippen molar-refractivity contribution in [2.75, 3.05) is 31.6 Å². The Labute approximate surface area is 161 Å². The molecule has 9 heteroatoms. The summed E-state index contributed by atoms with van der Waals surface area (Å²) < 4.78 is 39.6. The Balaban J connectivity index is 1.43. The number of hydrogen-bond donors (Lipinski definition) is 1. The standard InChI is InChI=1S/C19H22F2N4O3/c1-12-14(20)3-2-4-15(12)22-18(26)25-8-7-19(21,11-25)17-23-16(24-28-17)13-5-9-27-10-6-13/h2-4,13H,5-11H2,1H3,(H,22,26). The number of likely N-dealkylation sites (tertiary alicyclic amines) is 1. The Morgan fingerprint density at radius 2 is 2.14 bits per heavy atom. The molecule has 28 heavy (non-hydrogen) atoms. The summed E-state index contributed by atoms with van der Waals surface area (Å²) in [6.07, 6.45) is 1.62. The minimum atomic E-state index is -1.88. The third kappa shape index (κ3) is 3.58. The quantitative estimate of drug-likeness (QED) is 0.865. The van der Waals surface area contributed by atoms with Gasteiger partial charge in [0.25, 0.3) is 5.89 Å². The van der Waals surface area contributed by atoms with Gasteiger partial charge in [0.1, 0.15) is 5.82 Å². The van der Waals surface area contributed by atoms with Gasteiger partial charge in [-0.3, -0.25) is 0 Å². The molecule has 2 amide bonds. The lowest BCUT2D eigenvalue weighted by Crippen LogP contribution is -2.35. The van der Waals surface area contributed by atoms with Crippen LogP contribution in [0.3, 0.4) is 0 Å². The number of urea groups is 1. The zero-order valence-corrected chi connectivity index (χ0v) is 15.6. The number of halogens is 2. The Kier molecular flexibility index (Phi) is 5.01. The van der Waals surface area contributed by atoms with Gasteiger partial charge in [0.2, 0.25) is 5.67 Å². The Morgan fingerprint density at radius 1 is 1.36 bits per heavy atom. The molecule has 3 heterocycles. The summed E-state index contributed by atoms with van der Waals surface area (Å²) in [5.41, 5.74) is -1.19. The fraction of sp³-hybridized carbons (Fsp3) is 0.526. The van der Waals surface area contributed by atoms with Gasteiger partial charge in [0, 0.05) is 43.3 Å². The summed E-state index contributed by atoms with van der Waals surface area (Å²) in [7, 11) is 0. The van der Waals surface area contributed by atoms with E-state index in [-0.39, 0.29) is 31.3 Å². The van der Waals surface area contributed by atoms with Gasteiger partial charge in [-0.25, -0.2) is 13.6 Å². The van der Waals surface area contributed by atoms with Crippen LogP contribution in [0, 0.1) is 12.7 Å². The second-order valence-electron chi connectivity index (χ2n) is 7.32. The van der Waals surface area contributed by atoms with Gasteiger partial charge in [-0.1, -0.05) is 11.2 Å². The number of carbonyl (C=O) groups excluding carboxylic acids is 1. The monoisotopic (exact) mass is 392 g/mol. The summed E-state index contributed by atoms with van der Waals surface area (Å²) >= 11 is 0. The molecule has 1 aromatic heterocycles. The molecule has 2 aliphatic heterocycles. The average Bonchev–Trinajstić information content (AvgIpc) is 3.34. The van der Waals surface area contributed by atoms with Gasteiger partial charge in [0.05, 0.1) is 6.54 Å². The first-order valence-corrected chi connectivity index (χ1v) is 9.38. The van der Waals surface area contributed by atoms with Crippen molar-refractivity contribution in [2.24, 2.45) is 0 Å². The lowest BCUT2D eigenvalue weighted by molar-refractivity contribution is 0.0830. The maximum Gasteiger partial charge on any atom is 0.321 e. The summed E-state index contributed by atoms with van der Waals surface area (Å²) in [5.74, 6) is 0.0945. The van der Waals surface area contributed by atoms with Crippen molar-refractivity contribution in [3.05, 3.63) is 41.3 Å².